The number of pyridine rings is 1. The molecule has 1 aliphatic carbocycles. The highest BCUT2D eigenvalue weighted by Crippen LogP contribution is 2.34. The van der Waals surface area contributed by atoms with Gasteiger partial charge in [-0.3, -0.25) is 9.69 Å². The number of benzene rings is 2. The van der Waals surface area contributed by atoms with Crippen LogP contribution in [0.15, 0.2) is 53.3 Å². The Kier molecular flexibility index (Phi) is 7.50. The number of rotatable bonds is 10. The number of aromatic amines is 1. The Hall–Kier alpha value is -3.72. The number of tetrazole rings is 1. The minimum Gasteiger partial charge on any atom is -0.497 e. The SMILES string of the molecule is CC[C@@H](c1nnnn1Cc1ccc(OC)cc1)N(Cc1cc2ccc(OC)cc2[nH]c1=O)C1CCCC1. The van der Waals surface area contributed by atoms with Crippen molar-refractivity contribution >= 4 is 10.9 Å². The third-order valence-electron chi connectivity index (χ3n) is 7.41. The Balaban J connectivity index is 1.46. The maximum Gasteiger partial charge on any atom is 0.252 e. The van der Waals surface area contributed by atoms with E-state index in [1.54, 1.807) is 14.2 Å². The van der Waals surface area contributed by atoms with Gasteiger partial charge in [-0.05, 0) is 71.0 Å². The van der Waals surface area contributed by atoms with Crippen molar-refractivity contribution in [3.63, 3.8) is 0 Å². The topological polar surface area (TPSA) is 98.2 Å². The van der Waals surface area contributed by atoms with Crippen molar-refractivity contribution in [2.24, 2.45) is 0 Å². The first-order valence-corrected chi connectivity index (χ1v) is 12.9. The van der Waals surface area contributed by atoms with Gasteiger partial charge in [0.1, 0.15) is 11.5 Å². The van der Waals surface area contributed by atoms with Gasteiger partial charge < -0.3 is 14.5 Å². The summed E-state index contributed by atoms with van der Waals surface area (Å²) in [5.74, 6) is 2.36. The molecule has 1 saturated carbocycles. The number of hydrogen-bond donors (Lipinski definition) is 1. The highest BCUT2D eigenvalue weighted by atomic mass is 16.5. The number of aromatic nitrogens is 5. The number of methoxy groups -OCH3 is 2. The predicted octanol–water partition coefficient (Wildman–Crippen LogP) is 4.48. The maximum atomic E-state index is 13.2. The van der Waals surface area contributed by atoms with Crippen molar-refractivity contribution in [1.82, 2.24) is 30.1 Å². The van der Waals surface area contributed by atoms with Gasteiger partial charge in [-0.1, -0.05) is 31.9 Å². The van der Waals surface area contributed by atoms with Gasteiger partial charge >= 0.3 is 0 Å². The van der Waals surface area contributed by atoms with Gasteiger partial charge in [0.2, 0.25) is 0 Å². The zero-order chi connectivity index (χ0) is 25.8. The maximum absolute atomic E-state index is 13.2. The van der Waals surface area contributed by atoms with Crippen molar-refractivity contribution in [3.8, 4) is 11.5 Å². The summed E-state index contributed by atoms with van der Waals surface area (Å²) in [6, 6.07) is 16.1. The van der Waals surface area contributed by atoms with Gasteiger partial charge in [-0.25, -0.2) is 4.68 Å². The van der Waals surface area contributed by atoms with Crippen LogP contribution in [0.25, 0.3) is 10.9 Å². The van der Waals surface area contributed by atoms with Gasteiger partial charge in [0.25, 0.3) is 5.56 Å². The molecule has 9 heteroatoms. The molecule has 2 heterocycles. The van der Waals surface area contributed by atoms with Crippen LogP contribution in [0.1, 0.15) is 62.0 Å². The lowest BCUT2D eigenvalue weighted by Gasteiger charge is -2.35. The van der Waals surface area contributed by atoms with Crippen LogP contribution in [0, 0.1) is 0 Å². The lowest BCUT2D eigenvalue weighted by atomic mass is 10.0. The second-order valence-corrected chi connectivity index (χ2v) is 9.65. The molecule has 0 saturated heterocycles. The van der Waals surface area contributed by atoms with Crippen LogP contribution < -0.4 is 15.0 Å². The average molecular weight is 503 g/mol. The summed E-state index contributed by atoms with van der Waals surface area (Å²) in [5.41, 5.74) is 2.54. The fourth-order valence-corrected chi connectivity index (χ4v) is 5.43. The van der Waals surface area contributed by atoms with Gasteiger partial charge in [0, 0.05) is 24.2 Å². The van der Waals surface area contributed by atoms with E-state index < -0.39 is 0 Å². The van der Waals surface area contributed by atoms with Crippen molar-refractivity contribution in [2.45, 2.75) is 64.2 Å². The molecule has 0 amide bonds. The highest BCUT2D eigenvalue weighted by Gasteiger charge is 2.32. The van der Waals surface area contributed by atoms with Crippen molar-refractivity contribution in [3.05, 3.63) is 75.8 Å². The molecule has 0 unspecified atom stereocenters. The first kappa shape index (κ1) is 25.0. The molecule has 9 nitrogen and oxygen atoms in total. The van der Waals surface area contributed by atoms with Crippen LogP contribution in [0.3, 0.4) is 0 Å². The number of nitrogens with zero attached hydrogens (tertiary/aromatic N) is 5. The molecular formula is C28H34N6O3. The fourth-order valence-electron chi connectivity index (χ4n) is 5.43. The van der Waals surface area contributed by atoms with E-state index in [1.165, 1.54) is 12.8 Å². The van der Waals surface area contributed by atoms with Crippen molar-refractivity contribution < 1.29 is 9.47 Å². The Morgan fingerprint density at radius 2 is 1.78 bits per heavy atom. The summed E-state index contributed by atoms with van der Waals surface area (Å²) in [5, 5.41) is 13.8. The number of hydrogen-bond acceptors (Lipinski definition) is 7. The normalized spacial score (nSPS) is 14.9. The Labute approximate surface area is 216 Å². The van der Waals surface area contributed by atoms with Gasteiger partial charge in [-0.2, -0.15) is 0 Å². The molecule has 1 N–H and O–H groups in total. The second-order valence-electron chi connectivity index (χ2n) is 9.65. The summed E-state index contributed by atoms with van der Waals surface area (Å²) in [6.45, 7) is 3.27. The minimum absolute atomic E-state index is 0.0117. The van der Waals surface area contributed by atoms with Crippen LogP contribution >= 0.6 is 0 Å². The molecule has 194 valence electrons. The number of fused-ring (bicyclic) bond motifs is 1. The van der Waals surface area contributed by atoms with E-state index in [1.807, 2.05) is 53.2 Å². The smallest absolute Gasteiger partial charge is 0.252 e. The van der Waals surface area contributed by atoms with Crippen molar-refractivity contribution in [2.75, 3.05) is 14.2 Å². The molecular weight excluding hydrogens is 468 g/mol. The molecule has 1 atom stereocenters. The summed E-state index contributed by atoms with van der Waals surface area (Å²) in [7, 11) is 3.29. The molecule has 2 aromatic heterocycles. The molecule has 0 radical (unpaired) electrons. The van der Waals surface area contributed by atoms with Gasteiger partial charge in [-0.15, -0.1) is 5.10 Å². The molecule has 0 spiro atoms. The zero-order valence-electron chi connectivity index (χ0n) is 21.7. The third-order valence-corrected chi connectivity index (χ3v) is 7.41. The minimum atomic E-state index is -0.0728. The van der Waals surface area contributed by atoms with Gasteiger partial charge in [0.05, 0.1) is 32.3 Å². The lowest BCUT2D eigenvalue weighted by Crippen LogP contribution is -2.39. The lowest BCUT2D eigenvalue weighted by molar-refractivity contribution is 0.112. The number of ether oxygens (including phenoxy) is 2. The molecule has 5 rings (SSSR count). The molecule has 1 fully saturated rings. The third kappa shape index (κ3) is 5.36. The number of nitrogens with one attached hydrogen (secondary N) is 1. The predicted molar refractivity (Wildman–Crippen MR) is 142 cm³/mol. The van der Waals surface area contributed by atoms with Crippen LogP contribution in [0.5, 0.6) is 11.5 Å². The molecule has 0 aliphatic heterocycles. The fraction of sp³-hybridized carbons (Fsp3) is 0.429. The first-order valence-electron chi connectivity index (χ1n) is 12.9. The molecule has 1 aliphatic rings. The summed E-state index contributed by atoms with van der Waals surface area (Å²) >= 11 is 0. The standard InChI is InChI=1S/C28H34N6O3/c1-4-26(27-30-31-32-34(27)17-19-9-12-23(36-2)13-10-19)33(22-7-5-6-8-22)18-21-15-20-11-14-24(37-3)16-25(20)29-28(21)35/h9-16,22,26H,4-8,17-18H2,1-3H3,(H,29,35)/t26-/m0/s1. The van der Waals surface area contributed by atoms with E-state index in [0.717, 1.165) is 58.6 Å². The molecule has 4 aromatic rings. The van der Waals surface area contributed by atoms with E-state index in [4.69, 9.17) is 9.47 Å². The van der Waals surface area contributed by atoms with E-state index in [9.17, 15) is 4.79 Å². The van der Waals surface area contributed by atoms with E-state index >= 15 is 0 Å². The molecule has 2 aromatic carbocycles. The Bertz CT molecular complexity index is 1390. The summed E-state index contributed by atoms with van der Waals surface area (Å²) in [4.78, 5) is 18.7. The summed E-state index contributed by atoms with van der Waals surface area (Å²) < 4.78 is 12.5. The van der Waals surface area contributed by atoms with E-state index in [-0.39, 0.29) is 11.6 Å². The Morgan fingerprint density at radius 3 is 2.49 bits per heavy atom. The molecule has 0 bridgehead atoms. The summed E-state index contributed by atoms with van der Waals surface area (Å²) in [6.07, 6.45) is 5.45. The van der Waals surface area contributed by atoms with Crippen LogP contribution in [-0.2, 0) is 13.1 Å². The monoisotopic (exact) mass is 502 g/mol. The Morgan fingerprint density at radius 1 is 1.05 bits per heavy atom. The van der Waals surface area contributed by atoms with E-state index in [0.29, 0.717) is 19.1 Å². The largest absolute Gasteiger partial charge is 0.497 e. The van der Waals surface area contributed by atoms with Gasteiger partial charge in [0.15, 0.2) is 5.82 Å². The number of H-pyrrole nitrogens is 1. The highest BCUT2D eigenvalue weighted by molar-refractivity contribution is 5.80. The first-order chi connectivity index (χ1) is 18.1. The molecule has 37 heavy (non-hydrogen) atoms. The second kappa shape index (κ2) is 11.1. The van der Waals surface area contributed by atoms with Crippen LogP contribution in [-0.4, -0.2) is 50.4 Å². The zero-order valence-corrected chi connectivity index (χ0v) is 21.7. The average Bonchev–Trinajstić information content (AvgIpc) is 3.62. The van der Waals surface area contributed by atoms with Crippen LogP contribution in [0.2, 0.25) is 0 Å². The van der Waals surface area contributed by atoms with Crippen molar-refractivity contribution in [1.29, 1.82) is 0 Å². The van der Waals surface area contributed by atoms with E-state index in [2.05, 4.69) is 32.3 Å². The quantitative estimate of drug-likeness (QED) is 0.341. The van der Waals surface area contributed by atoms with Crippen LogP contribution in [0.4, 0.5) is 0 Å².